The van der Waals surface area contributed by atoms with E-state index in [-0.39, 0.29) is 11.3 Å². The number of rotatable bonds is 5. The minimum atomic E-state index is -0.963. The molecule has 1 atom stereocenters. The predicted molar refractivity (Wildman–Crippen MR) is 65.6 cm³/mol. The zero-order valence-corrected chi connectivity index (χ0v) is 9.74. The molecule has 1 aromatic rings. The number of hydrogen-bond acceptors (Lipinski definition) is 5. The summed E-state index contributed by atoms with van der Waals surface area (Å²) in [5, 5.41) is 22.1. The van der Waals surface area contributed by atoms with Crippen LogP contribution in [0.2, 0.25) is 0 Å². The third kappa shape index (κ3) is 3.36. The molecule has 0 fully saturated rings. The summed E-state index contributed by atoms with van der Waals surface area (Å²) in [6.07, 6.45) is 1.22. The van der Waals surface area contributed by atoms with E-state index in [4.69, 9.17) is 5.11 Å². The van der Waals surface area contributed by atoms with Crippen molar-refractivity contribution in [2.24, 2.45) is 4.99 Å². The van der Waals surface area contributed by atoms with Gasteiger partial charge in [-0.3, -0.25) is 19.9 Å². The number of para-hydroxylation sites is 1. The lowest BCUT2D eigenvalue weighted by Gasteiger charge is -2.06. The lowest BCUT2D eigenvalue weighted by molar-refractivity contribution is -0.385. The Balaban J connectivity index is 2.96. The first kappa shape index (κ1) is 13.8. The Morgan fingerprint density at radius 2 is 2.28 bits per heavy atom. The normalized spacial score (nSPS) is 12.3. The monoisotopic (exact) mass is 251 g/mol. The Kier molecular flexibility index (Phi) is 4.94. The van der Waals surface area contributed by atoms with Gasteiger partial charge in [-0.1, -0.05) is 12.1 Å². The van der Waals surface area contributed by atoms with E-state index in [9.17, 15) is 14.9 Å². The van der Waals surface area contributed by atoms with Gasteiger partial charge in [-0.15, -0.1) is 0 Å². The number of carbonyl (C=O) groups is 1. The van der Waals surface area contributed by atoms with Gasteiger partial charge in [0.25, 0.3) is 5.69 Å². The number of amides is 1. The highest BCUT2D eigenvalue weighted by atomic mass is 16.6. The first-order chi connectivity index (χ1) is 8.60. The van der Waals surface area contributed by atoms with Crippen LogP contribution in [0.25, 0.3) is 0 Å². The number of nitro benzene ring substituents is 1. The Morgan fingerprint density at radius 1 is 1.61 bits per heavy atom. The van der Waals surface area contributed by atoms with Gasteiger partial charge in [0.15, 0.2) is 6.04 Å². The van der Waals surface area contributed by atoms with Crippen LogP contribution in [0.1, 0.15) is 5.56 Å². The van der Waals surface area contributed by atoms with Crippen molar-refractivity contribution >= 4 is 17.8 Å². The van der Waals surface area contributed by atoms with Crippen LogP contribution < -0.4 is 5.32 Å². The average Bonchev–Trinajstić information content (AvgIpc) is 2.39. The quantitative estimate of drug-likeness (QED) is 0.440. The average molecular weight is 251 g/mol. The number of carbonyl (C=O) groups excluding carboxylic acids is 1. The molecule has 0 bridgehead atoms. The van der Waals surface area contributed by atoms with Crippen LogP contribution in [0.5, 0.6) is 0 Å². The van der Waals surface area contributed by atoms with Crippen LogP contribution in [0.3, 0.4) is 0 Å². The summed E-state index contributed by atoms with van der Waals surface area (Å²) < 4.78 is 0. The SMILES string of the molecule is CNC(=O)[C@H](CO)N=Cc1ccccc1[N+](=O)[O-]. The van der Waals surface area contributed by atoms with Crippen LogP contribution in [0, 0.1) is 10.1 Å². The third-order valence-electron chi connectivity index (χ3n) is 2.25. The Morgan fingerprint density at radius 3 is 2.83 bits per heavy atom. The van der Waals surface area contributed by atoms with Crippen molar-refractivity contribution in [3.63, 3.8) is 0 Å². The number of benzene rings is 1. The molecule has 1 aromatic carbocycles. The summed E-state index contributed by atoms with van der Waals surface area (Å²) in [6.45, 7) is -0.462. The number of aliphatic hydroxyl groups excluding tert-OH is 1. The van der Waals surface area contributed by atoms with E-state index in [1.165, 1.54) is 31.5 Å². The van der Waals surface area contributed by atoms with Crippen molar-refractivity contribution < 1.29 is 14.8 Å². The fraction of sp³-hybridized carbons (Fsp3) is 0.273. The summed E-state index contributed by atoms with van der Waals surface area (Å²) in [7, 11) is 1.42. The second-order valence-electron chi connectivity index (χ2n) is 3.41. The number of nitrogens with one attached hydrogen (secondary N) is 1. The molecule has 0 unspecified atom stereocenters. The molecule has 2 N–H and O–H groups in total. The standard InChI is InChI=1S/C11H13N3O4/c1-12-11(16)9(7-15)13-6-8-4-2-3-5-10(8)14(17)18/h2-6,9,15H,7H2,1H3,(H,12,16)/t9-/m0/s1. The number of nitro groups is 1. The number of hydrogen-bond donors (Lipinski definition) is 2. The highest BCUT2D eigenvalue weighted by Crippen LogP contribution is 2.15. The molecule has 0 saturated heterocycles. The molecule has 0 radical (unpaired) electrons. The molecule has 0 aliphatic heterocycles. The summed E-state index contributed by atoms with van der Waals surface area (Å²) in [4.78, 5) is 25.3. The largest absolute Gasteiger partial charge is 0.394 e. The highest BCUT2D eigenvalue weighted by molar-refractivity contribution is 5.89. The molecule has 1 amide bonds. The topological polar surface area (TPSA) is 105 Å². The molecule has 0 aromatic heterocycles. The van der Waals surface area contributed by atoms with Crippen molar-refractivity contribution in [2.75, 3.05) is 13.7 Å². The summed E-state index contributed by atoms with van der Waals surface area (Å²) in [5.41, 5.74) is 0.180. The third-order valence-corrected chi connectivity index (χ3v) is 2.25. The second kappa shape index (κ2) is 6.45. The fourth-order valence-corrected chi connectivity index (χ4v) is 1.30. The molecule has 0 aliphatic carbocycles. The molecule has 0 saturated carbocycles. The van der Waals surface area contributed by atoms with Crippen LogP contribution in [-0.2, 0) is 4.79 Å². The maximum absolute atomic E-state index is 11.3. The van der Waals surface area contributed by atoms with E-state index in [0.717, 1.165) is 0 Å². The minimum Gasteiger partial charge on any atom is -0.394 e. The van der Waals surface area contributed by atoms with E-state index in [1.807, 2.05) is 0 Å². The van der Waals surface area contributed by atoms with E-state index < -0.39 is 23.5 Å². The van der Waals surface area contributed by atoms with Gasteiger partial charge < -0.3 is 10.4 Å². The highest BCUT2D eigenvalue weighted by Gasteiger charge is 2.15. The van der Waals surface area contributed by atoms with Gasteiger partial charge in [0, 0.05) is 19.3 Å². The van der Waals surface area contributed by atoms with E-state index in [2.05, 4.69) is 10.3 Å². The van der Waals surface area contributed by atoms with E-state index in [1.54, 1.807) is 6.07 Å². The molecule has 0 spiro atoms. The number of aliphatic hydroxyl groups is 1. The van der Waals surface area contributed by atoms with Gasteiger partial charge in [-0.25, -0.2) is 0 Å². The zero-order valence-electron chi connectivity index (χ0n) is 9.74. The Labute approximate surface area is 103 Å². The van der Waals surface area contributed by atoms with Crippen molar-refractivity contribution in [3.05, 3.63) is 39.9 Å². The fourth-order valence-electron chi connectivity index (χ4n) is 1.30. The number of likely N-dealkylation sites (N-methyl/N-ethyl adjacent to an activating group) is 1. The van der Waals surface area contributed by atoms with E-state index in [0.29, 0.717) is 0 Å². The first-order valence-electron chi connectivity index (χ1n) is 5.19. The number of nitrogens with zero attached hydrogens (tertiary/aromatic N) is 2. The summed E-state index contributed by atoms with van der Waals surface area (Å²) >= 11 is 0. The van der Waals surface area contributed by atoms with E-state index >= 15 is 0 Å². The Bertz CT molecular complexity index is 473. The van der Waals surface area contributed by atoms with Gasteiger partial charge in [0.2, 0.25) is 5.91 Å². The van der Waals surface area contributed by atoms with Gasteiger partial charge in [0.05, 0.1) is 17.1 Å². The lowest BCUT2D eigenvalue weighted by Crippen LogP contribution is -2.33. The molecule has 0 aliphatic rings. The predicted octanol–water partition coefficient (Wildman–Crippen LogP) is 0.121. The van der Waals surface area contributed by atoms with Gasteiger partial charge in [-0.2, -0.15) is 0 Å². The van der Waals surface area contributed by atoms with Gasteiger partial charge in [-0.05, 0) is 6.07 Å². The van der Waals surface area contributed by atoms with Gasteiger partial charge in [0.1, 0.15) is 0 Å². The van der Waals surface area contributed by atoms with Gasteiger partial charge >= 0.3 is 0 Å². The summed E-state index contributed by atoms with van der Waals surface area (Å²) in [6, 6.07) is 5.06. The smallest absolute Gasteiger partial charge is 0.278 e. The lowest BCUT2D eigenvalue weighted by atomic mass is 10.2. The summed E-state index contributed by atoms with van der Waals surface area (Å²) in [5.74, 6) is -0.452. The van der Waals surface area contributed by atoms with Crippen LogP contribution in [-0.4, -0.2) is 41.8 Å². The molecule has 18 heavy (non-hydrogen) atoms. The molecule has 1 rings (SSSR count). The van der Waals surface area contributed by atoms with Crippen molar-refractivity contribution in [3.8, 4) is 0 Å². The van der Waals surface area contributed by atoms with Crippen molar-refractivity contribution in [2.45, 2.75) is 6.04 Å². The molecular formula is C11H13N3O4. The van der Waals surface area contributed by atoms with Crippen molar-refractivity contribution in [1.82, 2.24) is 5.32 Å². The van der Waals surface area contributed by atoms with Crippen molar-refractivity contribution in [1.29, 1.82) is 0 Å². The molecule has 0 heterocycles. The minimum absolute atomic E-state index is 0.102. The second-order valence-corrected chi connectivity index (χ2v) is 3.41. The Hall–Kier alpha value is -2.28. The number of aliphatic imine (C=N–C) groups is 1. The molecular weight excluding hydrogens is 238 g/mol. The molecule has 7 nitrogen and oxygen atoms in total. The zero-order chi connectivity index (χ0) is 13.5. The maximum atomic E-state index is 11.3. The van der Waals surface area contributed by atoms with Crippen LogP contribution >= 0.6 is 0 Å². The first-order valence-corrected chi connectivity index (χ1v) is 5.19. The molecule has 7 heteroatoms. The van der Waals surface area contributed by atoms with Crippen LogP contribution in [0.15, 0.2) is 29.3 Å². The molecule has 96 valence electrons. The maximum Gasteiger partial charge on any atom is 0.278 e. The van der Waals surface area contributed by atoms with Crippen LogP contribution in [0.4, 0.5) is 5.69 Å².